The highest BCUT2D eigenvalue weighted by Crippen LogP contribution is 2.34. The van der Waals surface area contributed by atoms with Crippen LogP contribution in [0.1, 0.15) is 5.56 Å². The quantitative estimate of drug-likeness (QED) is 0.742. The molecule has 1 heterocycles. The topological polar surface area (TPSA) is 38.5 Å². The van der Waals surface area contributed by atoms with E-state index in [2.05, 4.69) is 4.90 Å². The number of benzene rings is 1. The van der Waals surface area contributed by atoms with Crippen molar-refractivity contribution in [1.29, 1.82) is 0 Å². The zero-order chi connectivity index (χ0) is 11.0. The van der Waals surface area contributed by atoms with Crippen LogP contribution in [0.15, 0.2) is 12.1 Å². The van der Waals surface area contributed by atoms with Gasteiger partial charge < -0.3 is 15.4 Å². The lowest BCUT2D eigenvalue weighted by molar-refractivity contribution is 0.166. The van der Waals surface area contributed by atoms with Crippen molar-refractivity contribution in [3.05, 3.63) is 22.7 Å². The van der Waals surface area contributed by atoms with E-state index in [1.807, 2.05) is 20.2 Å². The van der Waals surface area contributed by atoms with Crippen molar-refractivity contribution in [3.63, 3.8) is 0 Å². The average Bonchev–Trinajstić information content (AvgIpc) is 2.16. The van der Waals surface area contributed by atoms with E-state index in [1.54, 1.807) is 6.07 Å². The summed E-state index contributed by atoms with van der Waals surface area (Å²) in [4.78, 5) is 2.15. The van der Waals surface area contributed by atoms with Crippen LogP contribution in [0.5, 0.6) is 5.75 Å². The van der Waals surface area contributed by atoms with Gasteiger partial charge in [0.2, 0.25) is 0 Å². The second-order valence-electron chi connectivity index (χ2n) is 4.12. The first kappa shape index (κ1) is 10.6. The Morgan fingerprint density at radius 1 is 1.47 bits per heavy atom. The van der Waals surface area contributed by atoms with Crippen LogP contribution in [-0.2, 0) is 6.42 Å². The summed E-state index contributed by atoms with van der Waals surface area (Å²) in [5.41, 5.74) is 7.58. The zero-order valence-corrected chi connectivity index (χ0v) is 9.71. The normalized spacial score (nSPS) is 19.9. The van der Waals surface area contributed by atoms with Crippen LogP contribution in [0.25, 0.3) is 0 Å². The molecule has 0 amide bonds. The minimum atomic E-state index is 0.398. The molecule has 0 saturated carbocycles. The molecule has 1 atom stereocenters. The number of likely N-dealkylation sites (N-methyl/N-ethyl adjacent to an activating group) is 1. The van der Waals surface area contributed by atoms with Crippen LogP contribution in [-0.4, -0.2) is 31.6 Å². The van der Waals surface area contributed by atoms with Crippen molar-refractivity contribution >= 4 is 17.3 Å². The fraction of sp³-hybridized carbons (Fsp3) is 0.455. The largest absolute Gasteiger partial charge is 0.489 e. The van der Waals surface area contributed by atoms with Gasteiger partial charge in [-0.2, -0.15) is 0 Å². The molecule has 1 unspecified atom stereocenters. The molecule has 0 spiro atoms. The summed E-state index contributed by atoms with van der Waals surface area (Å²) in [6.45, 7) is 0.686. The van der Waals surface area contributed by atoms with Crippen LogP contribution in [0.3, 0.4) is 0 Å². The molecule has 0 fully saturated rings. The SMILES string of the molecule is CN(C)C1COc2c(N)cc(Cl)cc2C1. The van der Waals surface area contributed by atoms with Crippen LogP contribution in [0.2, 0.25) is 5.02 Å². The molecule has 1 aliphatic heterocycles. The molecule has 0 aliphatic carbocycles. The Morgan fingerprint density at radius 3 is 2.87 bits per heavy atom. The summed E-state index contributed by atoms with van der Waals surface area (Å²) in [5.74, 6) is 0.803. The molecule has 0 bridgehead atoms. The maximum absolute atomic E-state index is 5.96. The highest BCUT2D eigenvalue weighted by molar-refractivity contribution is 6.31. The lowest BCUT2D eigenvalue weighted by Crippen LogP contribution is -2.38. The first-order valence-corrected chi connectivity index (χ1v) is 5.33. The molecular formula is C11H15ClN2O. The van der Waals surface area contributed by atoms with Gasteiger partial charge in [0.25, 0.3) is 0 Å². The Kier molecular flexibility index (Phi) is 2.76. The molecule has 0 radical (unpaired) electrons. The predicted octanol–water partition coefficient (Wildman–Crippen LogP) is 1.79. The maximum atomic E-state index is 5.96. The van der Waals surface area contributed by atoms with Crippen LogP contribution in [0.4, 0.5) is 5.69 Å². The minimum Gasteiger partial charge on any atom is -0.489 e. The number of halogens is 1. The standard InChI is InChI=1S/C11H15ClN2O/c1-14(2)9-4-7-3-8(12)5-10(13)11(7)15-6-9/h3,5,9H,4,6,13H2,1-2H3. The first-order chi connectivity index (χ1) is 7.08. The molecule has 0 saturated heterocycles. The molecule has 15 heavy (non-hydrogen) atoms. The number of nitrogens with zero attached hydrogens (tertiary/aromatic N) is 1. The highest BCUT2D eigenvalue weighted by atomic mass is 35.5. The lowest BCUT2D eigenvalue weighted by Gasteiger charge is -2.30. The smallest absolute Gasteiger partial charge is 0.145 e. The predicted molar refractivity (Wildman–Crippen MR) is 62.5 cm³/mol. The molecule has 82 valence electrons. The molecule has 0 aromatic heterocycles. The second kappa shape index (κ2) is 3.91. The molecule has 2 rings (SSSR count). The molecule has 2 N–H and O–H groups in total. The number of hydrogen-bond donors (Lipinski definition) is 1. The third-order valence-corrected chi connectivity index (χ3v) is 2.98. The van der Waals surface area contributed by atoms with E-state index in [9.17, 15) is 0 Å². The van der Waals surface area contributed by atoms with Crippen LogP contribution in [0, 0.1) is 0 Å². The number of nitrogen functional groups attached to an aromatic ring is 1. The highest BCUT2D eigenvalue weighted by Gasteiger charge is 2.23. The number of hydrogen-bond acceptors (Lipinski definition) is 3. The van der Waals surface area contributed by atoms with Gasteiger partial charge in [-0.25, -0.2) is 0 Å². The van der Waals surface area contributed by atoms with E-state index in [4.69, 9.17) is 22.1 Å². The average molecular weight is 227 g/mol. The number of nitrogens with two attached hydrogens (primary N) is 1. The summed E-state index contributed by atoms with van der Waals surface area (Å²) in [6.07, 6.45) is 0.938. The molecule has 1 aliphatic rings. The van der Waals surface area contributed by atoms with Crippen LogP contribution < -0.4 is 10.5 Å². The Hall–Kier alpha value is -0.930. The van der Waals surface area contributed by atoms with E-state index in [-0.39, 0.29) is 0 Å². The lowest BCUT2D eigenvalue weighted by atomic mass is 10.0. The third kappa shape index (κ3) is 2.03. The van der Waals surface area contributed by atoms with E-state index < -0.39 is 0 Å². The van der Waals surface area contributed by atoms with Crippen molar-refractivity contribution in [2.45, 2.75) is 12.5 Å². The van der Waals surface area contributed by atoms with Gasteiger partial charge in [-0.1, -0.05) is 11.6 Å². The van der Waals surface area contributed by atoms with Gasteiger partial charge in [0, 0.05) is 11.1 Å². The summed E-state index contributed by atoms with van der Waals surface area (Å²) in [6, 6.07) is 4.06. The maximum Gasteiger partial charge on any atom is 0.145 e. The Morgan fingerprint density at radius 2 is 2.20 bits per heavy atom. The van der Waals surface area contributed by atoms with Crippen molar-refractivity contribution in [3.8, 4) is 5.75 Å². The zero-order valence-electron chi connectivity index (χ0n) is 8.96. The minimum absolute atomic E-state index is 0.398. The molecule has 1 aromatic carbocycles. The van der Waals surface area contributed by atoms with Crippen molar-refractivity contribution in [1.82, 2.24) is 4.90 Å². The number of fused-ring (bicyclic) bond motifs is 1. The summed E-state index contributed by atoms with van der Waals surface area (Å²) in [5, 5.41) is 0.675. The van der Waals surface area contributed by atoms with E-state index in [0.717, 1.165) is 17.7 Å². The number of rotatable bonds is 1. The number of anilines is 1. The molecule has 1 aromatic rings. The van der Waals surface area contributed by atoms with Gasteiger partial charge in [-0.15, -0.1) is 0 Å². The summed E-state index contributed by atoms with van der Waals surface area (Å²) < 4.78 is 5.66. The van der Waals surface area contributed by atoms with Gasteiger partial charge in [0.15, 0.2) is 0 Å². The molecule has 4 heteroatoms. The van der Waals surface area contributed by atoms with Crippen molar-refractivity contribution < 1.29 is 4.74 Å². The Balaban J connectivity index is 2.33. The van der Waals surface area contributed by atoms with Crippen LogP contribution >= 0.6 is 11.6 Å². The van der Waals surface area contributed by atoms with E-state index in [1.165, 1.54) is 0 Å². The van der Waals surface area contributed by atoms with Crippen molar-refractivity contribution in [2.24, 2.45) is 0 Å². The van der Waals surface area contributed by atoms with Crippen molar-refractivity contribution in [2.75, 3.05) is 26.4 Å². The Bertz CT molecular complexity index is 379. The van der Waals surface area contributed by atoms with Gasteiger partial charge in [0.05, 0.1) is 5.69 Å². The summed E-state index contributed by atoms with van der Waals surface area (Å²) >= 11 is 5.96. The van der Waals surface area contributed by atoms with Gasteiger partial charge in [0.1, 0.15) is 12.4 Å². The Labute approximate surface area is 94.8 Å². The summed E-state index contributed by atoms with van der Waals surface area (Å²) in [7, 11) is 4.10. The van der Waals surface area contributed by atoms with Gasteiger partial charge >= 0.3 is 0 Å². The fourth-order valence-electron chi connectivity index (χ4n) is 1.82. The third-order valence-electron chi connectivity index (χ3n) is 2.77. The first-order valence-electron chi connectivity index (χ1n) is 4.95. The fourth-order valence-corrected chi connectivity index (χ4v) is 2.07. The monoisotopic (exact) mass is 226 g/mol. The second-order valence-corrected chi connectivity index (χ2v) is 4.55. The molecule has 3 nitrogen and oxygen atoms in total. The number of ether oxygens (including phenoxy) is 1. The molecular weight excluding hydrogens is 212 g/mol. The van der Waals surface area contributed by atoms with E-state index >= 15 is 0 Å². The van der Waals surface area contributed by atoms with E-state index in [0.29, 0.717) is 23.4 Å². The van der Waals surface area contributed by atoms with Gasteiger partial charge in [-0.05, 0) is 38.2 Å². The van der Waals surface area contributed by atoms with Gasteiger partial charge in [-0.3, -0.25) is 0 Å².